The number of thiocarbonyl (C=S) groups is 1. The third kappa shape index (κ3) is 5.68. The van der Waals surface area contributed by atoms with Crippen molar-refractivity contribution in [1.82, 2.24) is 5.32 Å². The highest BCUT2D eigenvalue weighted by Gasteiger charge is 2.14. The Morgan fingerprint density at radius 3 is 2.10 bits per heavy atom. The summed E-state index contributed by atoms with van der Waals surface area (Å²) in [6.45, 7) is 3.65. The van der Waals surface area contributed by atoms with Crippen LogP contribution in [-0.4, -0.2) is 16.9 Å². The zero-order chi connectivity index (χ0) is 21.7. The number of carbonyl (C=O) groups is 2. The molecule has 3 rings (SSSR count). The van der Waals surface area contributed by atoms with E-state index in [1.807, 2.05) is 26.0 Å². The summed E-state index contributed by atoms with van der Waals surface area (Å²) in [4.78, 5) is 24.1. The van der Waals surface area contributed by atoms with Gasteiger partial charge in [0.15, 0.2) is 10.9 Å². The second-order valence-corrected chi connectivity index (χ2v) is 7.65. The van der Waals surface area contributed by atoms with Crippen molar-refractivity contribution in [2.24, 2.45) is 5.92 Å². The third-order valence-electron chi connectivity index (χ3n) is 4.12. The Morgan fingerprint density at radius 1 is 0.900 bits per heavy atom. The molecule has 0 radical (unpaired) electrons. The normalized spacial score (nSPS) is 10.5. The summed E-state index contributed by atoms with van der Waals surface area (Å²) in [6, 6.07) is 17.4. The van der Waals surface area contributed by atoms with Crippen LogP contribution in [0.25, 0.3) is 11.3 Å². The largest absolute Gasteiger partial charge is 0.451 e. The molecule has 0 aliphatic carbocycles. The van der Waals surface area contributed by atoms with E-state index in [0.717, 1.165) is 5.56 Å². The van der Waals surface area contributed by atoms with E-state index in [9.17, 15) is 9.59 Å². The molecule has 154 valence electrons. The van der Waals surface area contributed by atoms with Gasteiger partial charge in [-0.25, -0.2) is 0 Å². The Bertz CT molecular complexity index is 1060. The van der Waals surface area contributed by atoms with Crippen molar-refractivity contribution < 1.29 is 14.0 Å². The summed E-state index contributed by atoms with van der Waals surface area (Å²) in [5, 5.41) is 9.05. The second kappa shape index (κ2) is 9.56. The molecule has 1 aromatic heterocycles. The monoisotopic (exact) mass is 441 g/mol. The van der Waals surface area contributed by atoms with Crippen molar-refractivity contribution in [2.75, 3.05) is 10.6 Å². The van der Waals surface area contributed by atoms with E-state index in [4.69, 9.17) is 28.2 Å². The van der Waals surface area contributed by atoms with E-state index in [1.165, 1.54) is 0 Å². The van der Waals surface area contributed by atoms with Crippen molar-refractivity contribution in [1.29, 1.82) is 0 Å². The lowest BCUT2D eigenvalue weighted by molar-refractivity contribution is -0.118. The molecular formula is C22H20ClN3O3S. The van der Waals surface area contributed by atoms with Crippen molar-refractivity contribution in [3.05, 3.63) is 71.4 Å². The van der Waals surface area contributed by atoms with Crippen molar-refractivity contribution in [3.63, 3.8) is 0 Å². The van der Waals surface area contributed by atoms with Crippen LogP contribution in [0.4, 0.5) is 11.4 Å². The summed E-state index contributed by atoms with van der Waals surface area (Å²) in [7, 11) is 0. The van der Waals surface area contributed by atoms with Gasteiger partial charge < -0.3 is 15.1 Å². The van der Waals surface area contributed by atoms with Gasteiger partial charge in [-0.2, -0.15) is 0 Å². The highest BCUT2D eigenvalue weighted by molar-refractivity contribution is 7.80. The molecule has 2 amide bonds. The maximum Gasteiger partial charge on any atom is 0.293 e. The first kappa shape index (κ1) is 21.5. The Kier molecular flexibility index (Phi) is 6.87. The zero-order valence-corrected chi connectivity index (χ0v) is 17.9. The Balaban J connectivity index is 1.56. The van der Waals surface area contributed by atoms with Crippen LogP contribution < -0.4 is 16.0 Å². The maximum atomic E-state index is 12.4. The number of rotatable bonds is 5. The van der Waals surface area contributed by atoms with Gasteiger partial charge in [-0.1, -0.05) is 25.4 Å². The number of hydrogen-bond acceptors (Lipinski definition) is 4. The van der Waals surface area contributed by atoms with Crippen LogP contribution in [-0.2, 0) is 4.79 Å². The van der Waals surface area contributed by atoms with Gasteiger partial charge in [-0.3, -0.25) is 14.9 Å². The number of furan rings is 1. The third-order valence-corrected chi connectivity index (χ3v) is 4.58. The molecule has 6 nitrogen and oxygen atoms in total. The molecule has 0 aliphatic heterocycles. The Labute approximate surface area is 184 Å². The van der Waals surface area contributed by atoms with Gasteiger partial charge in [0.05, 0.1) is 0 Å². The second-order valence-electron chi connectivity index (χ2n) is 6.80. The van der Waals surface area contributed by atoms with Crippen LogP contribution in [0.15, 0.2) is 65.1 Å². The molecule has 0 fully saturated rings. The van der Waals surface area contributed by atoms with E-state index >= 15 is 0 Å². The molecular weight excluding hydrogens is 422 g/mol. The summed E-state index contributed by atoms with van der Waals surface area (Å²) < 4.78 is 5.61. The molecule has 3 N–H and O–H groups in total. The van der Waals surface area contributed by atoms with E-state index in [1.54, 1.807) is 48.5 Å². The fraction of sp³-hybridized carbons (Fsp3) is 0.136. The molecule has 0 bridgehead atoms. The minimum absolute atomic E-state index is 0.0603. The van der Waals surface area contributed by atoms with Crippen molar-refractivity contribution in [2.45, 2.75) is 13.8 Å². The van der Waals surface area contributed by atoms with Gasteiger partial charge in [0.2, 0.25) is 5.91 Å². The number of nitrogens with one attached hydrogen (secondary N) is 3. The fourth-order valence-electron chi connectivity index (χ4n) is 2.48. The molecule has 0 spiro atoms. The predicted octanol–water partition coefficient (Wildman–Crippen LogP) is 5.32. The van der Waals surface area contributed by atoms with Gasteiger partial charge >= 0.3 is 0 Å². The fourth-order valence-corrected chi connectivity index (χ4v) is 2.82. The van der Waals surface area contributed by atoms with E-state index in [0.29, 0.717) is 22.2 Å². The average Bonchev–Trinajstić information content (AvgIpc) is 3.20. The van der Waals surface area contributed by atoms with Crippen molar-refractivity contribution in [3.8, 4) is 11.3 Å². The highest BCUT2D eigenvalue weighted by atomic mass is 35.5. The lowest BCUT2D eigenvalue weighted by atomic mass is 10.2. The van der Waals surface area contributed by atoms with Gasteiger partial charge in [0.1, 0.15) is 5.76 Å². The minimum Gasteiger partial charge on any atom is -0.451 e. The smallest absolute Gasteiger partial charge is 0.293 e. The van der Waals surface area contributed by atoms with E-state index in [2.05, 4.69) is 16.0 Å². The summed E-state index contributed by atoms with van der Waals surface area (Å²) in [5.74, 6) is 0.0569. The molecule has 0 saturated heterocycles. The van der Waals surface area contributed by atoms with Crippen LogP contribution in [0.5, 0.6) is 0 Å². The minimum atomic E-state index is -0.464. The Morgan fingerprint density at radius 2 is 1.50 bits per heavy atom. The first-order valence-corrected chi connectivity index (χ1v) is 9.99. The van der Waals surface area contributed by atoms with Gasteiger partial charge in [-0.15, -0.1) is 0 Å². The molecule has 30 heavy (non-hydrogen) atoms. The molecule has 3 aromatic rings. The highest BCUT2D eigenvalue weighted by Crippen LogP contribution is 2.24. The number of halogens is 1. The summed E-state index contributed by atoms with van der Waals surface area (Å²) in [5.41, 5.74) is 2.16. The first-order chi connectivity index (χ1) is 14.3. The van der Waals surface area contributed by atoms with Gasteiger partial charge in [-0.05, 0) is 72.9 Å². The topological polar surface area (TPSA) is 83.4 Å². The van der Waals surface area contributed by atoms with Gasteiger partial charge in [0.25, 0.3) is 5.91 Å². The van der Waals surface area contributed by atoms with Crippen LogP contribution >= 0.6 is 23.8 Å². The standard InChI is InChI=1S/C22H20ClN3O3S/c1-13(2)20(27)24-16-7-9-17(10-8-16)25-22(30)26-21(28)19-12-11-18(29-19)14-3-5-15(23)6-4-14/h3-13H,1-2H3,(H,24,27)(H2,25,26,28,30). The number of hydrogen-bond donors (Lipinski definition) is 3. The summed E-state index contributed by atoms with van der Waals surface area (Å²) >= 11 is 11.1. The molecule has 8 heteroatoms. The quantitative estimate of drug-likeness (QED) is 0.466. The lowest BCUT2D eigenvalue weighted by Gasteiger charge is -2.11. The zero-order valence-electron chi connectivity index (χ0n) is 16.4. The number of amides is 2. The molecule has 0 aliphatic rings. The van der Waals surface area contributed by atoms with Crippen LogP contribution in [0, 0.1) is 5.92 Å². The molecule has 1 heterocycles. The predicted molar refractivity (Wildman–Crippen MR) is 123 cm³/mol. The lowest BCUT2D eigenvalue weighted by Crippen LogP contribution is -2.33. The van der Waals surface area contributed by atoms with Crippen LogP contribution in [0.1, 0.15) is 24.4 Å². The SMILES string of the molecule is CC(C)C(=O)Nc1ccc(NC(=S)NC(=O)c2ccc(-c3ccc(Cl)cc3)o2)cc1. The maximum absolute atomic E-state index is 12.4. The molecule has 0 atom stereocenters. The van der Waals surface area contributed by atoms with Crippen LogP contribution in [0.2, 0.25) is 5.02 Å². The van der Waals surface area contributed by atoms with E-state index in [-0.39, 0.29) is 22.7 Å². The number of anilines is 2. The van der Waals surface area contributed by atoms with Crippen LogP contribution in [0.3, 0.4) is 0 Å². The number of benzene rings is 2. The molecule has 0 saturated carbocycles. The summed E-state index contributed by atoms with van der Waals surface area (Å²) in [6.07, 6.45) is 0. The Hall–Kier alpha value is -3.16. The molecule has 0 unspecified atom stereocenters. The van der Waals surface area contributed by atoms with Gasteiger partial charge in [0, 0.05) is 27.9 Å². The first-order valence-electron chi connectivity index (χ1n) is 9.21. The van der Waals surface area contributed by atoms with Crippen molar-refractivity contribution >= 4 is 52.1 Å². The van der Waals surface area contributed by atoms with E-state index < -0.39 is 5.91 Å². The number of carbonyl (C=O) groups excluding carboxylic acids is 2. The molecule has 2 aromatic carbocycles. The average molecular weight is 442 g/mol.